The fourth-order valence-electron chi connectivity index (χ4n) is 0.481. The summed E-state index contributed by atoms with van der Waals surface area (Å²) in [6, 6.07) is 0. The molecule has 0 unspecified atom stereocenters. The summed E-state index contributed by atoms with van der Waals surface area (Å²) in [5, 5.41) is 9.75. The van der Waals surface area contributed by atoms with Crippen LogP contribution >= 0.6 is 0 Å². The van der Waals surface area contributed by atoms with E-state index in [1.54, 1.807) is 0 Å². The number of rotatable bonds is 5. The molecule has 0 aromatic heterocycles. The summed E-state index contributed by atoms with van der Waals surface area (Å²) < 4.78 is 4.51. The number of ether oxygens (including phenoxy) is 1. The van der Waals surface area contributed by atoms with Crippen molar-refractivity contribution in [3.8, 4) is 0 Å². The van der Waals surface area contributed by atoms with Crippen molar-refractivity contribution in [2.45, 2.75) is 19.8 Å². The Morgan fingerprint density at radius 3 is 2.73 bits per heavy atom. The molecule has 0 radical (unpaired) electrons. The Kier molecular flexibility index (Phi) is 5.06. The number of carbonyl (C=O) groups is 1. The first-order chi connectivity index (χ1) is 5.16. The van der Waals surface area contributed by atoms with Crippen LogP contribution in [-0.2, 0) is 9.53 Å². The molecule has 5 heteroatoms. The fourth-order valence-corrected chi connectivity index (χ4v) is 0.481. The van der Waals surface area contributed by atoms with Crippen molar-refractivity contribution < 1.29 is 14.5 Å². The Labute approximate surface area is 64.5 Å². The third kappa shape index (κ3) is 6.76. The average Bonchev–Trinajstić information content (AvgIpc) is 1.86. The van der Waals surface area contributed by atoms with Crippen LogP contribution in [-0.4, -0.2) is 24.0 Å². The van der Waals surface area contributed by atoms with Crippen LogP contribution in [0, 0.1) is 10.1 Å². The summed E-state index contributed by atoms with van der Waals surface area (Å²) in [5.74, 6) is -0.761. The minimum atomic E-state index is -0.761. The van der Waals surface area contributed by atoms with Gasteiger partial charge in [0, 0.05) is 4.92 Å². The number of carbonyl (C=O) groups excluding carboxylic acids is 1. The van der Waals surface area contributed by atoms with E-state index in [1.807, 2.05) is 6.92 Å². The third-order valence-electron chi connectivity index (χ3n) is 1.02. The van der Waals surface area contributed by atoms with Gasteiger partial charge in [0.15, 0.2) is 0 Å². The second-order valence-corrected chi connectivity index (χ2v) is 2.06. The molecule has 0 heterocycles. The minimum Gasteiger partial charge on any atom is -0.461 e. The molecule has 0 amide bonds. The van der Waals surface area contributed by atoms with Crippen LogP contribution in [0.4, 0.5) is 0 Å². The van der Waals surface area contributed by atoms with E-state index in [1.165, 1.54) is 0 Å². The number of hydrogen-bond donors (Lipinski definition) is 0. The van der Waals surface area contributed by atoms with Gasteiger partial charge in [-0.3, -0.25) is 10.1 Å². The Morgan fingerprint density at radius 2 is 2.27 bits per heavy atom. The van der Waals surface area contributed by atoms with Crippen LogP contribution in [0.25, 0.3) is 0 Å². The standard InChI is InChI=1S/C6H11NO4/c1-2-3-4-11-6(8)5-7(9)10/h2-5H2,1H3. The molecule has 0 saturated heterocycles. The highest BCUT2D eigenvalue weighted by Gasteiger charge is 2.09. The molecular formula is C6H11NO4. The van der Waals surface area contributed by atoms with Crippen LogP contribution in [0.2, 0.25) is 0 Å². The summed E-state index contributed by atoms with van der Waals surface area (Å²) in [7, 11) is 0. The molecule has 11 heavy (non-hydrogen) atoms. The highest BCUT2D eigenvalue weighted by Crippen LogP contribution is 1.88. The van der Waals surface area contributed by atoms with E-state index in [0.717, 1.165) is 12.8 Å². The minimum absolute atomic E-state index is 0.281. The monoisotopic (exact) mass is 161 g/mol. The Hall–Kier alpha value is -1.13. The van der Waals surface area contributed by atoms with Gasteiger partial charge in [-0.15, -0.1) is 0 Å². The van der Waals surface area contributed by atoms with Crippen molar-refractivity contribution in [3.63, 3.8) is 0 Å². The van der Waals surface area contributed by atoms with Gasteiger partial charge in [0.2, 0.25) is 0 Å². The first kappa shape index (κ1) is 9.87. The fraction of sp³-hybridized carbons (Fsp3) is 0.833. The molecule has 64 valence electrons. The van der Waals surface area contributed by atoms with E-state index in [-0.39, 0.29) is 6.61 Å². The second-order valence-electron chi connectivity index (χ2n) is 2.06. The van der Waals surface area contributed by atoms with Gasteiger partial charge >= 0.3 is 5.97 Å². The molecule has 0 aliphatic heterocycles. The van der Waals surface area contributed by atoms with E-state index >= 15 is 0 Å². The van der Waals surface area contributed by atoms with Gasteiger partial charge in [-0.05, 0) is 6.42 Å². The molecule has 0 atom stereocenters. The predicted octanol–water partition coefficient (Wildman–Crippen LogP) is 0.606. The normalized spacial score (nSPS) is 9.18. The lowest BCUT2D eigenvalue weighted by Crippen LogP contribution is -2.17. The zero-order valence-corrected chi connectivity index (χ0v) is 6.41. The lowest BCUT2D eigenvalue weighted by molar-refractivity contribution is -0.470. The molecule has 0 saturated carbocycles. The van der Waals surface area contributed by atoms with E-state index in [4.69, 9.17) is 0 Å². The Bertz CT molecular complexity index is 146. The van der Waals surface area contributed by atoms with Crippen LogP contribution in [0.3, 0.4) is 0 Å². The first-order valence-corrected chi connectivity index (χ1v) is 3.44. The predicted molar refractivity (Wildman–Crippen MR) is 37.7 cm³/mol. The largest absolute Gasteiger partial charge is 0.461 e. The summed E-state index contributed by atoms with van der Waals surface area (Å²) in [4.78, 5) is 19.5. The van der Waals surface area contributed by atoms with E-state index in [9.17, 15) is 14.9 Å². The van der Waals surface area contributed by atoms with Crippen molar-refractivity contribution in [1.29, 1.82) is 0 Å². The average molecular weight is 161 g/mol. The van der Waals surface area contributed by atoms with E-state index < -0.39 is 17.4 Å². The van der Waals surface area contributed by atoms with Gasteiger partial charge in [-0.25, -0.2) is 4.79 Å². The first-order valence-electron chi connectivity index (χ1n) is 3.44. The van der Waals surface area contributed by atoms with Crippen molar-refractivity contribution in [2.24, 2.45) is 0 Å². The summed E-state index contributed by atoms with van der Waals surface area (Å²) in [5.41, 5.74) is 0. The maximum Gasteiger partial charge on any atom is 0.378 e. The van der Waals surface area contributed by atoms with Crippen molar-refractivity contribution in [3.05, 3.63) is 10.1 Å². The van der Waals surface area contributed by atoms with Gasteiger partial charge in [0.1, 0.15) is 0 Å². The molecule has 0 aliphatic rings. The summed E-state index contributed by atoms with van der Waals surface area (Å²) in [6.07, 6.45) is 1.66. The number of unbranched alkanes of at least 4 members (excludes halogenated alkanes) is 1. The molecular weight excluding hydrogens is 150 g/mol. The molecule has 0 spiro atoms. The quantitative estimate of drug-likeness (QED) is 0.256. The number of esters is 1. The van der Waals surface area contributed by atoms with Crippen molar-refractivity contribution >= 4 is 5.97 Å². The van der Waals surface area contributed by atoms with Crippen LogP contribution < -0.4 is 0 Å². The molecule has 0 aromatic carbocycles. The molecule has 0 N–H and O–H groups in total. The summed E-state index contributed by atoms with van der Waals surface area (Å²) >= 11 is 0. The third-order valence-corrected chi connectivity index (χ3v) is 1.02. The van der Waals surface area contributed by atoms with E-state index in [0.29, 0.717) is 0 Å². The molecule has 5 nitrogen and oxygen atoms in total. The summed E-state index contributed by atoms with van der Waals surface area (Å²) in [6.45, 7) is 1.49. The zero-order chi connectivity index (χ0) is 8.69. The van der Waals surface area contributed by atoms with Crippen LogP contribution in [0.5, 0.6) is 0 Å². The molecule has 0 fully saturated rings. The van der Waals surface area contributed by atoms with Gasteiger partial charge in [0.25, 0.3) is 6.54 Å². The SMILES string of the molecule is CCCCOC(=O)C[N+](=O)[O-]. The Balaban J connectivity index is 3.30. The number of nitrogens with zero attached hydrogens (tertiary/aromatic N) is 1. The van der Waals surface area contributed by atoms with Crippen molar-refractivity contribution in [1.82, 2.24) is 0 Å². The van der Waals surface area contributed by atoms with Crippen LogP contribution in [0.1, 0.15) is 19.8 Å². The zero-order valence-electron chi connectivity index (χ0n) is 6.41. The van der Waals surface area contributed by atoms with E-state index in [2.05, 4.69) is 4.74 Å². The molecule has 0 aromatic rings. The van der Waals surface area contributed by atoms with Gasteiger partial charge < -0.3 is 4.74 Å². The van der Waals surface area contributed by atoms with Gasteiger partial charge in [-0.2, -0.15) is 0 Å². The Morgan fingerprint density at radius 1 is 1.64 bits per heavy atom. The smallest absolute Gasteiger partial charge is 0.378 e. The maximum atomic E-state index is 10.5. The lowest BCUT2D eigenvalue weighted by atomic mass is 10.4. The molecule has 0 rings (SSSR count). The van der Waals surface area contributed by atoms with Crippen LogP contribution in [0.15, 0.2) is 0 Å². The topological polar surface area (TPSA) is 69.4 Å². The molecule has 0 bridgehead atoms. The maximum absolute atomic E-state index is 10.5. The van der Waals surface area contributed by atoms with Gasteiger partial charge in [-0.1, -0.05) is 13.3 Å². The number of hydrogen-bond acceptors (Lipinski definition) is 4. The second kappa shape index (κ2) is 5.64. The molecule has 0 aliphatic carbocycles. The highest BCUT2D eigenvalue weighted by molar-refractivity contribution is 5.70. The lowest BCUT2D eigenvalue weighted by Gasteiger charge is -1.98. The van der Waals surface area contributed by atoms with Crippen molar-refractivity contribution in [2.75, 3.05) is 13.2 Å². The highest BCUT2D eigenvalue weighted by atomic mass is 16.6. The van der Waals surface area contributed by atoms with Gasteiger partial charge in [0.05, 0.1) is 6.61 Å². The number of nitro groups is 1.